The van der Waals surface area contributed by atoms with Crippen LogP contribution in [0.5, 0.6) is 5.75 Å². The summed E-state index contributed by atoms with van der Waals surface area (Å²) in [5.74, 6) is -1.88. The fourth-order valence-electron chi connectivity index (χ4n) is 2.41. The minimum atomic E-state index is -3.64. The number of ether oxygens (including phenoxy) is 1. The molecule has 0 atom stereocenters. The Kier molecular flexibility index (Phi) is 6.14. The summed E-state index contributed by atoms with van der Waals surface area (Å²) in [6.45, 7) is -0.388. The molecule has 29 heavy (non-hydrogen) atoms. The molecule has 0 aliphatic rings. The van der Waals surface area contributed by atoms with Gasteiger partial charge in [0.2, 0.25) is 0 Å². The van der Waals surface area contributed by atoms with E-state index in [2.05, 4.69) is 5.32 Å². The summed E-state index contributed by atoms with van der Waals surface area (Å²) in [5.41, 5.74) is 0.400. The molecule has 0 saturated heterocycles. The van der Waals surface area contributed by atoms with Gasteiger partial charge < -0.3 is 10.1 Å². The largest absolute Gasteiger partial charge is 0.484 e. The van der Waals surface area contributed by atoms with Gasteiger partial charge in [-0.3, -0.25) is 9.10 Å². The van der Waals surface area contributed by atoms with Crippen LogP contribution in [0.1, 0.15) is 0 Å². The number of anilines is 2. The van der Waals surface area contributed by atoms with Crippen molar-refractivity contribution in [3.05, 3.63) is 71.6 Å². The summed E-state index contributed by atoms with van der Waals surface area (Å²) in [5, 5.41) is 4.01. The molecule has 0 radical (unpaired) electrons. The Morgan fingerprint density at radius 3 is 2.34 bits per heavy atom. The summed E-state index contributed by atoms with van der Waals surface area (Å²) in [7, 11) is -2.20. The number of amides is 1. The number of benzene rings is 2. The number of halogens is 2. The average molecular weight is 438 g/mol. The van der Waals surface area contributed by atoms with E-state index >= 15 is 0 Å². The first-order chi connectivity index (χ1) is 13.8. The van der Waals surface area contributed by atoms with Gasteiger partial charge in [0.25, 0.3) is 15.9 Å². The third kappa shape index (κ3) is 5.09. The van der Waals surface area contributed by atoms with Crippen LogP contribution in [0.2, 0.25) is 0 Å². The number of carbonyl (C=O) groups excluding carboxylic acids is 1. The number of sulfonamides is 1. The number of nitrogens with zero attached hydrogens (tertiary/aromatic N) is 1. The fourth-order valence-corrected chi connectivity index (χ4v) is 4.76. The molecule has 3 aromatic rings. The summed E-state index contributed by atoms with van der Waals surface area (Å²) < 4.78 is 58.0. The molecule has 2 aromatic carbocycles. The lowest BCUT2D eigenvalue weighted by Gasteiger charge is -2.18. The van der Waals surface area contributed by atoms with Crippen LogP contribution in [0.15, 0.2) is 64.2 Å². The zero-order chi connectivity index (χ0) is 21.0. The topological polar surface area (TPSA) is 75.7 Å². The molecule has 0 aliphatic carbocycles. The molecule has 10 heteroatoms. The van der Waals surface area contributed by atoms with Crippen LogP contribution in [-0.4, -0.2) is 28.0 Å². The molecule has 0 unspecified atom stereocenters. The van der Waals surface area contributed by atoms with Crippen LogP contribution < -0.4 is 14.4 Å². The molecule has 152 valence electrons. The quantitative estimate of drug-likeness (QED) is 0.608. The molecular formula is C19H16F2N2O4S2. The lowest BCUT2D eigenvalue weighted by molar-refractivity contribution is -0.118. The molecule has 0 bridgehead atoms. The minimum Gasteiger partial charge on any atom is -0.484 e. The van der Waals surface area contributed by atoms with Crippen molar-refractivity contribution in [1.29, 1.82) is 0 Å². The molecular weight excluding hydrogens is 422 g/mol. The van der Waals surface area contributed by atoms with Crippen LogP contribution >= 0.6 is 11.3 Å². The van der Waals surface area contributed by atoms with Crippen LogP contribution in [-0.2, 0) is 14.8 Å². The van der Waals surface area contributed by atoms with Gasteiger partial charge in [-0.15, -0.1) is 11.3 Å². The third-order valence-corrected chi connectivity index (χ3v) is 6.99. The van der Waals surface area contributed by atoms with Gasteiger partial charge in [-0.25, -0.2) is 17.2 Å². The second-order valence-corrected chi connectivity index (χ2v) is 9.04. The second kappa shape index (κ2) is 8.58. The van der Waals surface area contributed by atoms with E-state index in [1.54, 1.807) is 23.6 Å². The monoisotopic (exact) mass is 438 g/mol. The maximum Gasteiger partial charge on any atom is 0.273 e. The smallest absolute Gasteiger partial charge is 0.273 e. The highest BCUT2D eigenvalue weighted by Crippen LogP contribution is 2.26. The average Bonchev–Trinajstić information content (AvgIpc) is 3.21. The van der Waals surface area contributed by atoms with Crippen molar-refractivity contribution < 1.29 is 26.7 Å². The Labute approximate surface area is 170 Å². The lowest BCUT2D eigenvalue weighted by Crippen LogP contribution is -2.25. The predicted molar refractivity (Wildman–Crippen MR) is 107 cm³/mol. The number of rotatable bonds is 7. The highest BCUT2D eigenvalue weighted by atomic mass is 32.2. The van der Waals surface area contributed by atoms with Crippen molar-refractivity contribution in [2.45, 2.75) is 4.21 Å². The fraction of sp³-hybridized carbons (Fsp3) is 0.105. The molecule has 1 N–H and O–H groups in total. The van der Waals surface area contributed by atoms with E-state index in [0.29, 0.717) is 17.5 Å². The van der Waals surface area contributed by atoms with Crippen LogP contribution in [0.25, 0.3) is 0 Å². The molecule has 1 amide bonds. The molecule has 3 rings (SSSR count). The minimum absolute atomic E-state index is 0.0214. The first kappa shape index (κ1) is 20.7. The van der Waals surface area contributed by atoms with Crippen molar-refractivity contribution in [1.82, 2.24) is 0 Å². The van der Waals surface area contributed by atoms with Gasteiger partial charge in [0.05, 0.1) is 5.69 Å². The highest BCUT2D eigenvalue weighted by Gasteiger charge is 2.22. The molecule has 0 saturated carbocycles. The first-order valence-corrected chi connectivity index (χ1v) is 10.6. The van der Waals surface area contributed by atoms with E-state index in [0.717, 1.165) is 27.8 Å². The summed E-state index contributed by atoms with van der Waals surface area (Å²) in [6.07, 6.45) is 0. The third-order valence-electron chi connectivity index (χ3n) is 3.83. The highest BCUT2D eigenvalue weighted by molar-refractivity contribution is 7.94. The number of thiophene rings is 1. The second-order valence-electron chi connectivity index (χ2n) is 5.89. The number of hydrogen-bond acceptors (Lipinski definition) is 5. The summed E-state index contributed by atoms with van der Waals surface area (Å²) in [4.78, 5) is 11.9. The summed E-state index contributed by atoms with van der Waals surface area (Å²) in [6, 6.07) is 12.0. The zero-order valence-electron chi connectivity index (χ0n) is 15.1. The molecule has 0 spiro atoms. The maximum atomic E-state index is 13.1. The van der Waals surface area contributed by atoms with Gasteiger partial charge in [0.15, 0.2) is 6.61 Å². The Bertz CT molecular complexity index is 1080. The van der Waals surface area contributed by atoms with Crippen molar-refractivity contribution in [2.24, 2.45) is 0 Å². The normalized spacial score (nSPS) is 11.1. The Balaban J connectivity index is 1.60. The van der Waals surface area contributed by atoms with Crippen molar-refractivity contribution >= 4 is 38.6 Å². The van der Waals surface area contributed by atoms with Gasteiger partial charge in [-0.2, -0.15) is 0 Å². The SMILES string of the molecule is CN(c1ccc(OCC(=O)Nc2cc(F)cc(F)c2)cc1)S(=O)(=O)c1cccs1. The molecule has 1 aromatic heterocycles. The molecule has 1 heterocycles. The van der Waals surface area contributed by atoms with Gasteiger partial charge in [-0.05, 0) is 47.8 Å². The van der Waals surface area contributed by atoms with Gasteiger partial charge in [0.1, 0.15) is 21.6 Å². The van der Waals surface area contributed by atoms with Crippen molar-refractivity contribution in [2.75, 3.05) is 23.3 Å². The van der Waals surface area contributed by atoms with E-state index in [4.69, 9.17) is 4.74 Å². The maximum absolute atomic E-state index is 13.1. The zero-order valence-corrected chi connectivity index (χ0v) is 16.8. The van der Waals surface area contributed by atoms with Crippen molar-refractivity contribution in [3.8, 4) is 5.75 Å². The van der Waals surface area contributed by atoms with E-state index in [-0.39, 0.29) is 16.5 Å². The molecule has 6 nitrogen and oxygen atoms in total. The van der Waals surface area contributed by atoms with Crippen molar-refractivity contribution in [3.63, 3.8) is 0 Å². The van der Waals surface area contributed by atoms with Gasteiger partial charge >= 0.3 is 0 Å². The van der Waals surface area contributed by atoms with E-state index < -0.39 is 27.6 Å². The summed E-state index contributed by atoms with van der Waals surface area (Å²) >= 11 is 1.12. The lowest BCUT2D eigenvalue weighted by atomic mass is 10.3. The molecule has 0 aliphatic heterocycles. The Hall–Kier alpha value is -2.98. The van der Waals surface area contributed by atoms with Crippen LogP contribution in [0, 0.1) is 11.6 Å². The first-order valence-electron chi connectivity index (χ1n) is 8.27. The Morgan fingerprint density at radius 2 is 1.76 bits per heavy atom. The standard InChI is InChI=1S/C19H16F2N2O4S2/c1-23(29(25,26)19-3-2-8-28-19)16-4-6-17(7-5-16)27-12-18(24)22-15-10-13(20)9-14(21)11-15/h2-11H,12H2,1H3,(H,22,24). The Morgan fingerprint density at radius 1 is 1.10 bits per heavy atom. The van der Waals surface area contributed by atoms with E-state index in [1.165, 1.54) is 25.2 Å². The number of hydrogen-bond donors (Lipinski definition) is 1. The predicted octanol–water partition coefficient (Wildman–Crippen LogP) is 3.87. The number of carbonyl (C=O) groups is 1. The molecule has 0 fully saturated rings. The van der Waals surface area contributed by atoms with Gasteiger partial charge in [0, 0.05) is 18.8 Å². The van der Waals surface area contributed by atoms with Gasteiger partial charge in [-0.1, -0.05) is 6.07 Å². The van der Waals surface area contributed by atoms with Crippen LogP contribution in [0.3, 0.4) is 0 Å². The van der Waals surface area contributed by atoms with E-state index in [1.807, 2.05) is 0 Å². The van der Waals surface area contributed by atoms with E-state index in [9.17, 15) is 22.0 Å². The number of nitrogens with one attached hydrogen (secondary N) is 1. The van der Waals surface area contributed by atoms with Crippen LogP contribution in [0.4, 0.5) is 20.2 Å².